The Hall–Kier alpha value is -1.45. The van der Waals surface area contributed by atoms with Crippen LogP contribution >= 0.6 is 24.8 Å². The maximum Gasteiger partial charge on any atom is 0.241 e. The molecule has 148 valence electrons. The number of hydrogen-bond acceptors (Lipinski definition) is 5. The van der Waals surface area contributed by atoms with Gasteiger partial charge in [-0.1, -0.05) is 0 Å². The van der Waals surface area contributed by atoms with Crippen molar-refractivity contribution in [1.29, 1.82) is 0 Å². The van der Waals surface area contributed by atoms with Crippen LogP contribution in [0, 0.1) is 5.82 Å². The number of rotatable bonds is 6. The zero-order valence-electron chi connectivity index (χ0n) is 14.5. The topological polar surface area (TPSA) is 87.9 Å². The summed E-state index contributed by atoms with van der Waals surface area (Å²) >= 11 is 0. The number of nitrogens with two attached hydrogens (primary N) is 1. The molecule has 1 aromatic rings. The van der Waals surface area contributed by atoms with Gasteiger partial charge in [-0.2, -0.15) is 0 Å². The predicted octanol–water partition coefficient (Wildman–Crippen LogP) is 0.726. The first-order valence-corrected chi connectivity index (χ1v) is 7.80. The molecule has 0 aromatic heterocycles. The Bertz CT molecular complexity index is 569. The lowest BCUT2D eigenvalue weighted by molar-refractivity contribution is -0.135. The molecule has 26 heavy (non-hydrogen) atoms. The van der Waals surface area contributed by atoms with Crippen molar-refractivity contribution in [3.8, 4) is 0 Å². The highest BCUT2D eigenvalue weighted by Gasteiger charge is 2.25. The van der Waals surface area contributed by atoms with Crippen LogP contribution in [0.15, 0.2) is 24.3 Å². The van der Waals surface area contributed by atoms with Crippen molar-refractivity contribution < 1.29 is 18.7 Å². The first kappa shape index (κ1) is 24.6. The molecule has 10 heteroatoms. The summed E-state index contributed by atoms with van der Waals surface area (Å²) in [4.78, 5) is 27.7. The summed E-state index contributed by atoms with van der Waals surface area (Å²) < 4.78 is 17.7. The van der Waals surface area contributed by atoms with Crippen LogP contribution in [0.2, 0.25) is 0 Å². The number of carbonyl (C=O) groups is 2. The zero-order valence-corrected chi connectivity index (χ0v) is 16.2. The van der Waals surface area contributed by atoms with Crippen molar-refractivity contribution in [3.05, 3.63) is 30.1 Å². The van der Waals surface area contributed by atoms with Crippen LogP contribution in [-0.2, 0) is 14.3 Å². The number of anilines is 1. The second-order valence-corrected chi connectivity index (χ2v) is 5.72. The number of amides is 2. The van der Waals surface area contributed by atoms with Gasteiger partial charge < -0.3 is 20.7 Å². The third kappa shape index (κ3) is 7.43. The number of piperazine rings is 1. The molecule has 1 atom stereocenters. The maximum absolute atomic E-state index is 12.8. The Morgan fingerprint density at radius 3 is 2.31 bits per heavy atom. The third-order valence-electron chi connectivity index (χ3n) is 3.84. The van der Waals surface area contributed by atoms with E-state index in [2.05, 4.69) is 5.32 Å². The minimum absolute atomic E-state index is 0. The van der Waals surface area contributed by atoms with Crippen LogP contribution in [0.1, 0.15) is 0 Å². The molecular formula is C16H25Cl2FN4O3. The lowest BCUT2D eigenvalue weighted by Gasteiger charge is -2.35. The van der Waals surface area contributed by atoms with Crippen LogP contribution in [0.5, 0.6) is 0 Å². The summed E-state index contributed by atoms with van der Waals surface area (Å²) in [5.41, 5.74) is 6.31. The summed E-state index contributed by atoms with van der Waals surface area (Å²) in [5, 5.41) is 2.72. The van der Waals surface area contributed by atoms with Crippen LogP contribution in [0.25, 0.3) is 0 Å². The van der Waals surface area contributed by atoms with Crippen molar-refractivity contribution in [2.75, 3.05) is 51.8 Å². The summed E-state index contributed by atoms with van der Waals surface area (Å²) in [5.74, 6) is -0.648. The van der Waals surface area contributed by atoms with Crippen LogP contribution < -0.4 is 11.1 Å². The van der Waals surface area contributed by atoms with Gasteiger partial charge >= 0.3 is 0 Å². The van der Waals surface area contributed by atoms with Gasteiger partial charge in [-0.3, -0.25) is 14.5 Å². The van der Waals surface area contributed by atoms with E-state index < -0.39 is 6.04 Å². The van der Waals surface area contributed by atoms with E-state index in [9.17, 15) is 14.0 Å². The van der Waals surface area contributed by atoms with E-state index in [4.69, 9.17) is 10.5 Å². The fourth-order valence-corrected chi connectivity index (χ4v) is 2.55. The number of methoxy groups -OCH3 is 1. The molecule has 2 rings (SSSR count). The summed E-state index contributed by atoms with van der Waals surface area (Å²) in [6, 6.07) is 4.97. The second-order valence-electron chi connectivity index (χ2n) is 5.72. The van der Waals surface area contributed by atoms with Crippen LogP contribution in [0.4, 0.5) is 10.1 Å². The molecule has 0 radical (unpaired) electrons. The highest BCUT2D eigenvalue weighted by molar-refractivity contribution is 5.92. The largest absolute Gasteiger partial charge is 0.383 e. The number of benzene rings is 1. The van der Waals surface area contributed by atoms with Gasteiger partial charge in [-0.25, -0.2) is 4.39 Å². The van der Waals surface area contributed by atoms with E-state index in [-0.39, 0.29) is 55.6 Å². The molecule has 1 aromatic carbocycles. The molecule has 0 spiro atoms. The van der Waals surface area contributed by atoms with E-state index in [0.29, 0.717) is 31.9 Å². The van der Waals surface area contributed by atoms with Gasteiger partial charge in [0.15, 0.2) is 0 Å². The molecule has 2 amide bonds. The fraction of sp³-hybridized carbons (Fsp3) is 0.500. The van der Waals surface area contributed by atoms with Gasteiger partial charge in [-0.05, 0) is 24.3 Å². The summed E-state index contributed by atoms with van der Waals surface area (Å²) in [6.07, 6.45) is 0. The standard InChI is InChI=1S/C16H23FN4O3.2ClH/c1-24-11-14(18)16(23)21-8-6-20(7-9-21)10-15(22)19-13-4-2-12(17)3-5-13;;/h2-5,14H,6-11,18H2,1H3,(H,19,22);2*1H. The first-order chi connectivity index (χ1) is 11.5. The summed E-state index contributed by atoms with van der Waals surface area (Å²) in [7, 11) is 1.50. The smallest absolute Gasteiger partial charge is 0.241 e. The van der Waals surface area contributed by atoms with Crippen LogP contribution in [-0.4, -0.2) is 74.1 Å². The highest BCUT2D eigenvalue weighted by Crippen LogP contribution is 2.09. The van der Waals surface area contributed by atoms with Gasteiger partial charge in [0.1, 0.15) is 11.9 Å². The minimum atomic E-state index is -0.650. The molecule has 7 nitrogen and oxygen atoms in total. The minimum Gasteiger partial charge on any atom is -0.383 e. The Morgan fingerprint density at radius 1 is 1.19 bits per heavy atom. The molecule has 3 N–H and O–H groups in total. The van der Waals surface area contributed by atoms with E-state index in [1.807, 2.05) is 4.90 Å². The average molecular weight is 411 g/mol. The quantitative estimate of drug-likeness (QED) is 0.721. The van der Waals surface area contributed by atoms with Crippen molar-refractivity contribution in [2.24, 2.45) is 5.73 Å². The number of nitrogens with zero attached hydrogens (tertiary/aromatic N) is 2. The van der Waals surface area contributed by atoms with E-state index in [0.717, 1.165) is 0 Å². The van der Waals surface area contributed by atoms with Gasteiger partial charge in [0.2, 0.25) is 11.8 Å². The first-order valence-electron chi connectivity index (χ1n) is 7.80. The van der Waals surface area contributed by atoms with Gasteiger partial charge in [0, 0.05) is 39.0 Å². The Morgan fingerprint density at radius 2 is 1.77 bits per heavy atom. The van der Waals surface area contributed by atoms with Crippen molar-refractivity contribution in [3.63, 3.8) is 0 Å². The number of halogens is 3. The van der Waals surface area contributed by atoms with Gasteiger partial charge in [0.05, 0.1) is 13.2 Å². The number of ether oxygens (including phenoxy) is 1. The number of carbonyl (C=O) groups excluding carboxylic acids is 2. The third-order valence-corrected chi connectivity index (χ3v) is 3.84. The lowest BCUT2D eigenvalue weighted by Crippen LogP contribution is -2.55. The van der Waals surface area contributed by atoms with Crippen LogP contribution in [0.3, 0.4) is 0 Å². The molecule has 0 saturated carbocycles. The SMILES string of the molecule is COCC(N)C(=O)N1CCN(CC(=O)Nc2ccc(F)cc2)CC1.Cl.Cl. The lowest BCUT2D eigenvalue weighted by atomic mass is 10.2. The zero-order chi connectivity index (χ0) is 17.5. The molecular weight excluding hydrogens is 386 g/mol. The molecule has 0 bridgehead atoms. The average Bonchev–Trinajstić information content (AvgIpc) is 2.57. The predicted molar refractivity (Wildman–Crippen MR) is 102 cm³/mol. The second kappa shape index (κ2) is 12.0. The monoisotopic (exact) mass is 410 g/mol. The van der Waals surface area contributed by atoms with E-state index in [1.54, 1.807) is 4.90 Å². The molecule has 1 heterocycles. The van der Waals surface area contributed by atoms with E-state index in [1.165, 1.54) is 31.4 Å². The molecule has 1 aliphatic rings. The molecule has 0 aliphatic carbocycles. The molecule has 1 unspecified atom stereocenters. The Kier molecular flexibility index (Phi) is 11.4. The highest BCUT2D eigenvalue weighted by atomic mass is 35.5. The Balaban J connectivity index is 0.00000312. The fourth-order valence-electron chi connectivity index (χ4n) is 2.55. The normalized spacial score (nSPS) is 15.4. The number of hydrogen-bond donors (Lipinski definition) is 2. The molecule has 1 aliphatic heterocycles. The number of nitrogens with one attached hydrogen (secondary N) is 1. The molecule has 1 saturated heterocycles. The van der Waals surface area contributed by atoms with Crippen molar-refractivity contribution >= 4 is 42.3 Å². The Labute approximate surface area is 164 Å². The van der Waals surface area contributed by atoms with Gasteiger partial charge in [-0.15, -0.1) is 24.8 Å². The van der Waals surface area contributed by atoms with Crippen molar-refractivity contribution in [2.45, 2.75) is 6.04 Å². The maximum atomic E-state index is 12.8. The van der Waals surface area contributed by atoms with Gasteiger partial charge in [0.25, 0.3) is 0 Å². The summed E-state index contributed by atoms with van der Waals surface area (Å²) in [6.45, 7) is 2.67. The molecule has 1 fully saturated rings. The van der Waals surface area contributed by atoms with Crippen molar-refractivity contribution in [1.82, 2.24) is 9.80 Å². The van der Waals surface area contributed by atoms with E-state index >= 15 is 0 Å².